The normalized spacial score (nSPS) is 10.7. The van der Waals surface area contributed by atoms with Gasteiger partial charge in [0.05, 0.1) is 0 Å². The number of benzene rings is 1. The molecule has 0 fully saturated rings. The zero-order valence-electron chi connectivity index (χ0n) is 10.7. The van der Waals surface area contributed by atoms with Crippen LogP contribution in [0.3, 0.4) is 0 Å². The zero-order valence-corrected chi connectivity index (χ0v) is 12.3. The third-order valence-corrected chi connectivity index (χ3v) is 3.50. The van der Waals surface area contributed by atoms with Crippen molar-refractivity contribution in [2.24, 2.45) is 0 Å². The van der Waals surface area contributed by atoms with Crippen molar-refractivity contribution < 1.29 is 4.52 Å². The summed E-state index contributed by atoms with van der Waals surface area (Å²) in [7, 11) is 0. The molecule has 0 amide bonds. The molecular weight excluding hydrogens is 320 g/mol. The first-order valence-corrected chi connectivity index (χ1v) is 6.75. The monoisotopic (exact) mass is 330 g/mol. The van der Waals surface area contributed by atoms with Gasteiger partial charge in [0.25, 0.3) is 5.89 Å². The fraction of sp³-hybridized carbons (Fsp3) is 0.0714. The van der Waals surface area contributed by atoms with Crippen LogP contribution < -0.4 is 5.73 Å². The van der Waals surface area contributed by atoms with E-state index in [1.54, 1.807) is 12.3 Å². The number of aryl methyl sites for hydroxylation is 1. The Morgan fingerprint density at radius 3 is 2.80 bits per heavy atom. The van der Waals surface area contributed by atoms with Gasteiger partial charge in [-0.3, -0.25) is 4.98 Å². The van der Waals surface area contributed by atoms with Gasteiger partial charge in [0.2, 0.25) is 5.82 Å². The van der Waals surface area contributed by atoms with Gasteiger partial charge in [0, 0.05) is 21.9 Å². The molecule has 6 heteroatoms. The van der Waals surface area contributed by atoms with Gasteiger partial charge < -0.3 is 10.3 Å². The molecule has 0 radical (unpaired) electrons. The number of nitrogens with two attached hydrogens (primary N) is 1. The Morgan fingerprint density at radius 2 is 2.05 bits per heavy atom. The van der Waals surface area contributed by atoms with E-state index in [0.29, 0.717) is 23.1 Å². The van der Waals surface area contributed by atoms with Gasteiger partial charge in [-0.2, -0.15) is 4.98 Å². The van der Waals surface area contributed by atoms with E-state index in [-0.39, 0.29) is 0 Å². The molecule has 0 aliphatic carbocycles. The highest BCUT2D eigenvalue weighted by Gasteiger charge is 2.12. The van der Waals surface area contributed by atoms with Gasteiger partial charge in [-0.1, -0.05) is 5.16 Å². The number of aromatic nitrogens is 3. The zero-order chi connectivity index (χ0) is 14.1. The first-order chi connectivity index (χ1) is 9.63. The lowest BCUT2D eigenvalue weighted by Crippen LogP contribution is -1.88. The smallest absolute Gasteiger partial charge is 0.258 e. The molecule has 0 aliphatic rings. The molecule has 3 rings (SSSR count). The average Bonchev–Trinajstić information content (AvgIpc) is 2.92. The summed E-state index contributed by atoms with van der Waals surface area (Å²) >= 11 is 3.38. The molecule has 0 aliphatic heterocycles. The van der Waals surface area contributed by atoms with Gasteiger partial charge in [0.15, 0.2) is 0 Å². The summed E-state index contributed by atoms with van der Waals surface area (Å²) in [5.74, 6) is 0.903. The number of nitrogens with zero attached hydrogens (tertiary/aromatic N) is 3. The fourth-order valence-corrected chi connectivity index (χ4v) is 2.14. The minimum Gasteiger partial charge on any atom is -0.398 e. The number of halogens is 1. The standard InChI is InChI=1S/C14H11BrN4O/c1-8-4-5-17-12(6-8)13-18-14(20-19-13)9-2-3-11(16)10(15)7-9/h2-7H,16H2,1H3. The summed E-state index contributed by atoms with van der Waals surface area (Å²) in [6.45, 7) is 1.99. The Morgan fingerprint density at radius 1 is 1.20 bits per heavy atom. The van der Waals surface area contributed by atoms with E-state index in [1.807, 2.05) is 31.2 Å². The third-order valence-electron chi connectivity index (χ3n) is 2.82. The van der Waals surface area contributed by atoms with Gasteiger partial charge in [-0.05, 0) is 58.7 Å². The second kappa shape index (κ2) is 5.05. The van der Waals surface area contributed by atoms with E-state index in [9.17, 15) is 0 Å². The van der Waals surface area contributed by atoms with Crippen LogP contribution in [0, 0.1) is 6.92 Å². The summed E-state index contributed by atoms with van der Waals surface area (Å²) in [6.07, 6.45) is 1.72. The Balaban J connectivity index is 1.99. The summed E-state index contributed by atoms with van der Waals surface area (Å²) in [5, 5.41) is 3.96. The molecule has 0 saturated heterocycles. The van der Waals surface area contributed by atoms with E-state index in [2.05, 4.69) is 31.1 Å². The first kappa shape index (κ1) is 12.8. The molecule has 0 atom stereocenters. The van der Waals surface area contributed by atoms with E-state index in [4.69, 9.17) is 10.3 Å². The lowest BCUT2D eigenvalue weighted by atomic mass is 10.2. The van der Waals surface area contributed by atoms with Crippen molar-refractivity contribution in [3.05, 3.63) is 46.6 Å². The fourth-order valence-electron chi connectivity index (χ4n) is 1.76. The summed E-state index contributed by atoms with van der Waals surface area (Å²) in [6, 6.07) is 9.29. The molecule has 0 bridgehead atoms. The van der Waals surface area contributed by atoms with E-state index >= 15 is 0 Å². The first-order valence-electron chi connectivity index (χ1n) is 5.95. The highest BCUT2D eigenvalue weighted by atomic mass is 79.9. The molecule has 1 aromatic carbocycles. The molecular formula is C14H11BrN4O. The predicted octanol–water partition coefficient (Wildman–Crippen LogP) is 3.45. The van der Waals surface area contributed by atoms with E-state index < -0.39 is 0 Å². The van der Waals surface area contributed by atoms with Crippen LogP contribution >= 0.6 is 15.9 Å². The lowest BCUT2D eigenvalue weighted by molar-refractivity contribution is 0.432. The van der Waals surface area contributed by atoms with E-state index in [1.165, 1.54) is 0 Å². The topological polar surface area (TPSA) is 77.8 Å². The molecule has 20 heavy (non-hydrogen) atoms. The van der Waals surface area contributed by atoms with Crippen LogP contribution in [0.2, 0.25) is 0 Å². The van der Waals surface area contributed by atoms with Gasteiger partial charge in [-0.25, -0.2) is 0 Å². The van der Waals surface area contributed by atoms with Crippen molar-refractivity contribution in [1.29, 1.82) is 0 Å². The van der Waals surface area contributed by atoms with Gasteiger partial charge in [-0.15, -0.1) is 0 Å². The largest absolute Gasteiger partial charge is 0.398 e. The van der Waals surface area contributed by atoms with Crippen LogP contribution in [0.15, 0.2) is 45.5 Å². The highest BCUT2D eigenvalue weighted by molar-refractivity contribution is 9.10. The van der Waals surface area contributed by atoms with Crippen LogP contribution in [-0.2, 0) is 0 Å². The van der Waals surface area contributed by atoms with Crippen molar-refractivity contribution in [1.82, 2.24) is 15.1 Å². The van der Waals surface area contributed by atoms with E-state index in [0.717, 1.165) is 15.6 Å². The number of anilines is 1. The molecule has 2 aromatic heterocycles. The van der Waals surface area contributed by atoms with Crippen LogP contribution in [0.5, 0.6) is 0 Å². The molecule has 3 aromatic rings. The Hall–Kier alpha value is -2.21. The Kier molecular flexibility index (Phi) is 3.23. The Labute approximate surface area is 124 Å². The van der Waals surface area contributed by atoms with Crippen LogP contribution in [0.1, 0.15) is 5.56 Å². The highest BCUT2D eigenvalue weighted by Crippen LogP contribution is 2.27. The van der Waals surface area contributed by atoms with Crippen molar-refractivity contribution >= 4 is 21.6 Å². The maximum absolute atomic E-state index is 5.76. The van der Waals surface area contributed by atoms with Crippen LogP contribution in [0.25, 0.3) is 23.0 Å². The minimum absolute atomic E-state index is 0.434. The van der Waals surface area contributed by atoms with Crippen LogP contribution in [0.4, 0.5) is 5.69 Å². The molecule has 5 nitrogen and oxygen atoms in total. The third kappa shape index (κ3) is 2.42. The minimum atomic E-state index is 0.434. The second-order valence-electron chi connectivity index (χ2n) is 4.38. The Bertz CT molecular complexity index is 769. The van der Waals surface area contributed by atoms with Gasteiger partial charge >= 0.3 is 0 Å². The number of hydrogen-bond donors (Lipinski definition) is 1. The molecule has 2 heterocycles. The number of hydrogen-bond acceptors (Lipinski definition) is 5. The predicted molar refractivity (Wildman–Crippen MR) is 79.8 cm³/mol. The van der Waals surface area contributed by atoms with Crippen molar-refractivity contribution in [2.45, 2.75) is 6.92 Å². The molecule has 2 N–H and O–H groups in total. The number of nitrogen functional groups attached to an aromatic ring is 1. The molecule has 100 valence electrons. The SMILES string of the molecule is Cc1ccnc(-c2noc(-c3ccc(N)c(Br)c3)n2)c1. The van der Waals surface area contributed by atoms with Crippen molar-refractivity contribution in [3.8, 4) is 23.0 Å². The molecule has 0 saturated carbocycles. The number of pyridine rings is 1. The second-order valence-corrected chi connectivity index (χ2v) is 5.23. The van der Waals surface area contributed by atoms with Crippen molar-refractivity contribution in [3.63, 3.8) is 0 Å². The summed E-state index contributed by atoms with van der Waals surface area (Å²) < 4.78 is 6.07. The summed E-state index contributed by atoms with van der Waals surface area (Å²) in [5.41, 5.74) is 9.00. The van der Waals surface area contributed by atoms with Crippen LogP contribution in [-0.4, -0.2) is 15.1 Å². The van der Waals surface area contributed by atoms with Gasteiger partial charge in [0.1, 0.15) is 5.69 Å². The summed E-state index contributed by atoms with van der Waals surface area (Å²) in [4.78, 5) is 8.59. The lowest BCUT2D eigenvalue weighted by Gasteiger charge is -1.99. The average molecular weight is 331 g/mol. The molecule has 0 unspecified atom stereocenters. The number of rotatable bonds is 2. The van der Waals surface area contributed by atoms with Crippen molar-refractivity contribution in [2.75, 3.05) is 5.73 Å². The quantitative estimate of drug-likeness (QED) is 0.728. The maximum Gasteiger partial charge on any atom is 0.258 e. The maximum atomic E-state index is 5.76. The molecule has 0 spiro atoms.